The first-order chi connectivity index (χ1) is 9.04. The summed E-state index contributed by atoms with van der Waals surface area (Å²) in [6.45, 7) is 4.13. The van der Waals surface area contributed by atoms with E-state index in [0.717, 1.165) is 17.7 Å². The van der Waals surface area contributed by atoms with Crippen LogP contribution in [0.1, 0.15) is 28.8 Å². The van der Waals surface area contributed by atoms with E-state index < -0.39 is 0 Å². The van der Waals surface area contributed by atoms with Gasteiger partial charge in [0.1, 0.15) is 5.78 Å². The molecule has 0 unspecified atom stereocenters. The number of Topliss-reactive ketones (excluding diaryl/α,β-unsaturated/α-hetero) is 1. The minimum Gasteiger partial charge on any atom is -0.299 e. The van der Waals surface area contributed by atoms with Gasteiger partial charge in [-0.1, -0.05) is 29.3 Å². The molecule has 19 heavy (non-hydrogen) atoms. The first-order valence-corrected chi connectivity index (χ1v) is 6.60. The van der Waals surface area contributed by atoms with E-state index in [9.17, 15) is 4.79 Å². The van der Waals surface area contributed by atoms with Gasteiger partial charge in [-0.3, -0.25) is 9.48 Å². The van der Waals surface area contributed by atoms with E-state index in [1.165, 1.54) is 11.1 Å². The zero-order valence-corrected chi connectivity index (χ0v) is 11.8. The second kappa shape index (κ2) is 5.83. The Morgan fingerprint density at radius 3 is 2.47 bits per heavy atom. The largest absolute Gasteiger partial charge is 0.299 e. The number of carbonyl (C=O) groups excluding carboxylic acids is 1. The van der Waals surface area contributed by atoms with E-state index in [-0.39, 0.29) is 5.78 Å². The molecule has 0 radical (unpaired) electrons. The van der Waals surface area contributed by atoms with Gasteiger partial charge in [0.2, 0.25) is 0 Å². The van der Waals surface area contributed by atoms with Gasteiger partial charge in [0.05, 0.1) is 0 Å². The Morgan fingerprint density at radius 1 is 1.21 bits per heavy atom. The van der Waals surface area contributed by atoms with Gasteiger partial charge >= 0.3 is 0 Å². The molecule has 0 saturated carbocycles. The maximum Gasteiger partial charge on any atom is 0.137 e. The molecule has 0 aliphatic carbocycles. The summed E-state index contributed by atoms with van der Waals surface area (Å²) in [5.41, 5.74) is 4.66. The molecule has 0 N–H and O–H groups in total. The van der Waals surface area contributed by atoms with Crippen molar-refractivity contribution in [1.29, 1.82) is 0 Å². The van der Waals surface area contributed by atoms with E-state index >= 15 is 0 Å². The molecule has 0 aliphatic rings. The summed E-state index contributed by atoms with van der Waals surface area (Å²) in [5.74, 6) is 0.284. The number of carbonyl (C=O) groups is 1. The fourth-order valence-corrected chi connectivity index (χ4v) is 2.40. The number of benzene rings is 1. The minimum atomic E-state index is 0.284. The first kappa shape index (κ1) is 13.5. The SMILES string of the molecule is Cc1cc(C)cc(CC(=O)CCc2ccnn2C)c1. The predicted octanol–water partition coefficient (Wildman–Crippen LogP) is 2.78. The summed E-state index contributed by atoms with van der Waals surface area (Å²) >= 11 is 0. The van der Waals surface area contributed by atoms with Gasteiger partial charge in [0, 0.05) is 31.8 Å². The predicted molar refractivity (Wildman–Crippen MR) is 76.2 cm³/mol. The number of hydrogen-bond acceptors (Lipinski definition) is 2. The lowest BCUT2D eigenvalue weighted by molar-refractivity contribution is -0.118. The Labute approximate surface area is 114 Å². The normalized spacial score (nSPS) is 10.7. The monoisotopic (exact) mass is 256 g/mol. The van der Waals surface area contributed by atoms with Crippen LogP contribution in [0.25, 0.3) is 0 Å². The average molecular weight is 256 g/mol. The van der Waals surface area contributed by atoms with Gasteiger partial charge in [0.15, 0.2) is 0 Å². The van der Waals surface area contributed by atoms with E-state index in [0.29, 0.717) is 12.8 Å². The first-order valence-electron chi connectivity index (χ1n) is 6.60. The highest BCUT2D eigenvalue weighted by molar-refractivity contribution is 5.81. The van der Waals surface area contributed by atoms with Crippen LogP contribution in [-0.2, 0) is 24.7 Å². The molecule has 100 valence electrons. The lowest BCUT2D eigenvalue weighted by Gasteiger charge is -2.05. The lowest BCUT2D eigenvalue weighted by Crippen LogP contribution is -2.07. The molecule has 0 amide bonds. The van der Waals surface area contributed by atoms with Crippen molar-refractivity contribution in [2.75, 3.05) is 0 Å². The highest BCUT2D eigenvalue weighted by atomic mass is 16.1. The molecule has 1 aromatic heterocycles. The standard InChI is InChI=1S/C16H20N2O/c1-12-8-13(2)10-14(9-12)11-16(19)5-4-15-6-7-17-18(15)3/h6-10H,4-5,11H2,1-3H3. The molecule has 0 atom stereocenters. The summed E-state index contributed by atoms with van der Waals surface area (Å²) < 4.78 is 1.82. The molecule has 0 spiro atoms. The smallest absolute Gasteiger partial charge is 0.137 e. The van der Waals surface area contributed by atoms with Crippen LogP contribution in [0.15, 0.2) is 30.5 Å². The second-order valence-corrected chi connectivity index (χ2v) is 5.16. The van der Waals surface area contributed by atoms with Gasteiger partial charge in [-0.15, -0.1) is 0 Å². The Bertz CT molecular complexity index is 564. The molecule has 3 heteroatoms. The Kier molecular flexibility index (Phi) is 4.15. The van der Waals surface area contributed by atoms with E-state index in [4.69, 9.17) is 0 Å². The summed E-state index contributed by atoms with van der Waals surface area (Å²) in [4.78, 5) is 12.0. The van der Waals surface area contributed by atoms with Crippen LogP contribution in [0.5, 0.6) is 0 Å². The third-order valence-electron chi connectivity index (χ3n) is 3.27. The number of aromatic nitrogens is 2. The molecule has 2 rings (SSSR count). The Balaban J connectivity index is 1.92. The number of rotatable bonds is 5. The molecule has 1 aromatic carbocycles. The van der Waals surface area contributed by atoms with E-state index in [1.807, 2.05) is 17.8 Å². The molecular weight excluding hydrogens is 236 g/mol. The van der Waals surface area contributed by atoms with Crippen molar-refractivity contribution >= 4 is 5.78 Å². The van der Waals surface area contributed by atoms with Crippen molar-refractivity contribution in [3.05, 3.63) is 52.8 Å². The third kappa shape index (κ3) is 3.78. The fourth-order valence-electron chi connectivity index (χ4n) is 2.40. The molecule has 3 nitrogen and oxygen atoms in total. The highest BCUT2D eigenvalue weighted by Gasteiger charge is 2.07. The van der Waals surface area contributed by atoms with Crippen LogP contribution in [0.4, 0.5) is 0 Å². The lowest BCUT2D eigenvalue weighted by atomic mass is 10.0. The maximum atomic E-state index is 12.0. The van der Waals surface area contributed by atoms with Crippen molar-refractivity contribution in [2.24, 2.45) is 7.05 Å². The van der Waals surface area contributed by atoms with Crippen molar-refractivity contribution < 1.29 is 4.79 Å². The Morgan fingerprint density at radius 2 is 1.89 bits per heavy atom. The van der Waals surface area contributed by atoms with Crippen molar-refractivity contribution in [2.45, 2.75) is 33.1 Å². The number of aryl methyl sites for hydroxylation is 4. The van der Waals surface area contributed by atoms with Gasteiger partial charge in [-0.05, 0) is 31.9 Å². The van der Waals surface area contributed by atoms with Gasteiger partial charge in [0.25, 0.3) is 0 Å². The second-order valence-electron chi connectivity index (χ2n) is 5.16. The summed E-state index contributed by atoms with van der Waals surface area (Å²) in [6.07, 6.45) is 3.64. The minimum absolute atomic E-state index is 0.284. The average Bonchev–Trinajstić information content (AvgIpc) is 2.71. The summed E-state index contributed by atoms with van der Waals surface area (Å²) in [6, 6.07) is 8.28. The van der Waals surface area contributed by atoms with Crippen molar-refractivity contribution in [3.63, 3.8) is 0 Å². The van der Waals surface area contributed by atoms with Crippen LogP contribution >= 0.6 is 0 Å². The topological polar surface area (TPSA) is 34.9 Å². The van der Waals surface area contributed by atoms with Gasteiger partial charge in [-0.2, -0.15) is 5.10 Å². The van der Waals surface area contributed by atoms with Crippen molar-refractivity contribution in [3.8, 4) is 0 Å². The number of ketones is 1. The summed E-state index contributed by atoms with van der Waals surface area (Å²) in [7, 11) is 1.91. The van der Waals surface area contributed by atoms with E-state index in [2.05, 4.69) is 37.1 Å². The van der Waals surface area contributed by atoms with Crippen LogP contribution in [0, 0.1) is 13.8 Å². The van der Waals surface area contributed by atoms with Crippen LogP contribution < -0.4 is 0 Å². The quantitative estimate of drug-likeness (QED) is 0.824. The molecule has 0 fully saturated rings. The zero-order valence-electron chi connectivity index (χ0n) is 11.8. The van der Waals surface area contributed by atoms with Gasteiger partial charge in [-0.25, -0.2) is 0 Å². The zero-order chi connectivity index (χ0) is 13.8. The third-order valence-corrected chi connectivity index (χ3v) is 3.27. The molecule has 0 saturated heterocycles. The highest BCUT2D eigenvalue weighted by Crippen LogP contribution is 2.11. The Hall–Kier alpha value is -1.90. The van der Waals surface area contributed by atoms with Crippen LogP contribution in [0.2, 0.25) is 0 Å². The number of nitrogens with zero attached hydrogens (tertiary/aromatic N) is 2. The molecule has 1 heterocycles. The molecule has 0 aliphatic heterocycles. The van der Waals surface area contributed by atoms with Crippen LogP contribution in [0.3, 0.4) is 0 Å². The maximum absolute atomic E-state index is 12.0. The van der Waals surface area contributed by atoms with Crippen molar-refractivity contribution in [1.82, 2.24) is 9.78 Å². The molecular formula is C16H20N2O. The van der Waals surface area contributed by atoms with Gasteiger partial charge < -0.3 is 0 Å². The fraction of sp³-hybridized carbons (Fsp3) is 0.375. The summed E-state index contributed by atoms with van der Waals surface area (Å²) in [5, 5.41) is 4.11. The molecule has 2 aromatic rings. The number of hydrogen-bond donors (Lipinski definition) is 0. The molecule has 0 bridgehead atoms. The van der Waals surface area contributed by atoms with E-state index in [1.54, 1.807) is 6.20 Å². The van der Waals surface area contributed by atoms with Crippen LogP contribution in [-0.4, -0.2) is 15.6 Å².